The maximum absolute atomic E-state index is 13.1. The van der Waals surface area contributed by atoms with Gasteiger partial charge in [-0.1, -0.05) is 33.1 Å². The lowest BCUT2D eigenvalue weighted by Gasteiger charge is -2.30. The van der Waals surface area contributed by atoms with Crippen molar-refractivity contribution in [1.29, 1.82) is 0 Å². The van der Waals surface area contributed by atoms with Crippen LogP contribution in [-0.4, -0.2) is 71.3 Å². The lowest BCUT2D eigenvalue weighted by molar-refractivity contribution is -0.151. The molecule has 3 amide bonds. The number of likely N-dealkylation sites (tertiary alicyclic amines) is 1. The van der Waals surface area contributed by atoms with E-state index in [9.17, 15) is 19.2 Å². The normalized spacial score (nSPS) is 17.2. The molecular formula is C26H40N4O5S. The molecule has 3 rings (SSSR count). The van der Waals surface area contributed by atoms with Gasteiger partial charge < -0.3 is 19.9 Å². The minimum atomic E-state index is -0.270. The number of amides is 3. The molecule has 200 valence electrons. The lowest BCUT2D eigenvalue weighted by Crippen LogP contribution is -2.43. The summed E-state index contributed by atoms with van der Waals surface area (Å²) in [5, 5.41) is 5.01. The van der Waals surface area contributed by atoms with Gasteiger partial charge in [0.05, 0.1) is 31.2 Å². The average molecular weight is 521 g/mol. The van der Waals surface area contributed by atoms with Crippen LogP contribution in [0.5, 0.6) is 0 Å². The summed E-state index contributed by atoms with van der Waals surface area (Å²) in [5.41, 5.74) is 0.602. The van der Waals surface area contributed by atoms with Crippen LogP contribution in [-0.2, 0) is 30.3 Å². The SMILES string of the molecule is CCOC(=O)C1CCN(C(=O)Cc2csc(NC(=O)CN(CC(C)C)C(=O)C3CCCCC3)n2)CC1. The van der Waals surface area contributed by atoms with E-state index in [1.807, 2.05) is 13.8 Å². The smallest absolute Gasteiger partial charge is 0.309 e. The van der Waals surface area contributed by atoms with E-state index >= 15 is 0 Å². The zero-order chi connectivity index (χ0) is 26.1. The van der Waals surface area contributed by atoms with E-state index in [4.69, 9.17) is 4.74 Å². The fourth-order valence-corrected chi connectivity index (χ4v) is 5.68. The van der Waals surface area contributed by atoms with Crippen molar-refractivity contribution in [2.75, 3.05) is 38.1 Å². The van der Waals surface area contributed by atoms with E-state index in [0.29, 0.717) is 49.9 Å². The predicted molar refractivity (Wildman–Crippen MR) is 138 cm³/mol. The molecule has 1 saturated carbocycles. The van der Waals surface area contributed by atoms with E-state index in [0.717, 1.165) is 25.7 Å². The first-order valence-corrected chi connectivity index (χ1v) is 14.1. The molecule has 0 bridgehead atoms. The van der Waals surface area contributed by atoms with Crippen LogP contribution < -0.4 is 5.32 Å². The molecule has 2 heterocycles. The van der Waals surface area contributed by atoms with Gasteiger partial charge in [-0.25, -0.2) is 4.98 Å². The number of hydrogen-bond acceptors (Lipinski definition) is 7. The van der Waals surface area contributed by atoms with Crippen molar-refractivity contribution in [3.63, 3.8) is 0 Å². The molecule has 0 atom stereocenters. The number of anilines is 1. The summed E-state index contributed by atoms with van der Waals surface area (Å²) >= 11 is 1.28. The Balaban J connectivity index is 1.48. The third-order valence-corrected chi connectivity index (χ3v) is 7.59. The summed E-state index contributed by atoms with van der Waals surface area (Å²) in [6.45, 7) is 7.86. The molecule has 2 aliphatic rings. The molecule has 0 spiro atoms. The largest absolute Gasteiger partial charge is 0.466 e. The average Bonchev–Trinajstić information content (AvgIpc) is 3.30. The molecule has 1 N–H and O–H groups in total. The summed E-state index contributed by atoms with van der Waals surface area (Å²) in [5.74, 6) is -0.270. The molecule has 1 aromatic rings. The first kappa shape index (κ1) is 28.1. The van der Waals surface area contributed by atoms with E-state index in [1.165, 1.54) is 17.8 Å². The van der Waals surface area contributed by atoms with Gasteiger partial charge in [0, 0.05) is 30.9 Å². The molecule has 0 radical (unpaired) electrons. The second-order valence-corrected chi connectivity index (χ2v) is 11.1. The minimum absolute atomic E-state index is 0.0107. The summed E-state index contributed by atoms with van der Waals surface area (Å²) in [6.07, 6.45) is 6.49. The summed E-state index contributed by atoms with van der Waals surface area (Å²) in [4.78, 5) is 58.3. The van der Waals surface area contributed by atoms with Gasteiger partial charge >= 0.3 is 5.97 Å². The molecule has 1 saturated heterocycles. The third-order valence-electron chi connectivity index (χ3n) is 6.78. The van der Waals surface area contributed by atoms with Crippen molar-refractivity contribution in [3.8, 4) is 0 Å². The Morgan fingerprint density at radius 2 is 1.81 bits per heavy atom. The standard InChI is InChI=1S/C26H40N4O5S/c1-4-35-25(34)20-10-12-29(13-11-20)23(32)14-21-17-36-26(27-21)28-22(31)16-30(15-18(2)3)24(33)19-8-6-5-7-9-19/h17-20H,4-16H2,1-3H3,(H,27,28,31). The van der Waals surface area contributed by atoms with Gasteiger partial charge in [-0.2, -0.15) is 0 Å². The number of thiazole rings is 1. The van der Waals surface area contributed by atoms with Crippen molar-refractivity contribution in [3.05, 3.63) is 11.1 Å². The number of carbonyl (C=O) groups is 4. The molecule has 1 aliphatic heterocycles. The maximum atomic E-state index is 13.1. The molecular weight excluding hydrogens is 480 g/mol. The van der Waals surface area contributed by atoms with Crippen molar-refractivity contribution in [1.82, 2.24) is 14.8 Å². The molecule has 1 aliphatic carbocycles. The number of rotatable bonds is 10. The zero-order valence-electron chi connectivity index (χ0n) is 21.8. The van der Waals surface area contributed by atoms with E-state index < -0.39 is 0 Å². The summed E-state index contributed by atoms with van der Waals surface area (Å²) in [6, 6.07) is 0. The Morgan fingerprint density at radius 3 is 2.44 bits per heavy atom. The van der Waals surface area contributed by atoms with Crippen LogP contribution in [0, 0.1) is 17.8 Å². The van der Waals surface area contributed by atoms with Gasteiger partial charge in [0.25, 0.3) is 0 Å². The first-order valence-electron chi connectivity index (χ1n) is 13.2. The lowest BCUT2D eigenvalue weighted by atomic mass is 9.88. The Hall–Kier alpha value is -2.49. The Kier molecular flexibility index (Phi) is 10.7. The fraction of sp³-hybridized carbons (Fsp3) is 0.731. The molecule has 9 nitrogen and oxygen atoms in total. The highest BCUT2D eigenvalue weighted by Crippen LogP contribution is 2.26. The van der Waals surface area contributed by atoms with Crippen molar-refractivity contribution in [2.45, 2.75) is 72.1 Å². The van der Waals surface area contributed by atoms with E-state index in [-0.39, 0.29) is 54.4 Å². The Bertz CT molecular complexity index is 904. The Labute approximate surface area is 218 Å². The van der Waals surface area contributed by atoms with Crippen LogP contribution in [0.4, 0.5) is 5.13 Å². The van der Waals surface area contributed by atoms with Gasteiger partial charge in [-0.15, -0.1) is 11.3 Å². The van der Waals surface area contributed by atoms with Gasteiger partial charge in [-0.05, 0) is 38.5 Å². The number of aromatic nitrogens is 1. The van der Waals surface area contributed by atoms with Gasteiger partial charge in [0.15, 0.2) is 5.13 Å². The van der Waals surface area contributed by atoms with E-state index in [1.54, 1.807) is 22.1 Å². The van der Waals surface area contributed by atoms with Crippen molar-refractivity contribution < 1.29 is 23.9 Å². The number of esters is 1. The zero-order valence-corrected chi connectivity index (χ0v) is 22.6. The number of nitrogens with zero attached hydrogens (tertiary/aromatic N) is 3. The molecule has 2 fully saturated rings. The number of hydrogen-bond donors (Lipinski definition) is 1. The Morgan fingerprint density at radius 1 is 1.11 bits per heavy atom. The molecule has 0 unspecified atom stereocenters. The highest BCUT2D eigenvalue weighted by atomic mass is 32.1. The monoisotopic (exact) mass is 520 g/mol. The van der Waals surface area contributed by atoms with Crippen LogP contribution in [0.3, 0.4) is 0 Å². The predicted octanol–water partition coefficient (Wildman–Crippen LogP) is 3.49. The molecule has 1 aromatic heterocycles. The molecule has 0 aromatic carbocycles. The minimum Gasteiger partial charge on any atom is -0.466 e. The maximum Gasteiger partial charge on any atom is 0.309 e. The van der Waals surface area contributed by atoms with Gasteiger partial charge in [0.2, 0.25) is 17.7 Å². The quantitative estimate of drug-likeness (QED) is 0.473. The highest BCUT2D eigenvalue weighted by molar-refractivity contribution is 7.13. The van der Waals surface area contributed by atoms with Crippen LogP contribution in [0.2, 0.25) is 0 Å². The van der Waals surface area contributed by atoms with E-state index in [2.05, 4.69) is 10.3 Å². The van der Waals surface area contributed by atoms with Crippen LogP contribution in [0.25, 0.3) is 0 Å². The number of piperidine rings is 1. The topological polar surface area (TPSA) is 109 Å². The molecule has 36 heavy (non-hydrogen) atoms. The van der Waals surface area contributed by atoms with Crippen molar-refractivity contribution in [2.24, 2.45) is 17.8 Å². The van der Waals surface area contributed by atoms with Gasteiger partial charge in [0.1, 0.15) is 0 Å². The molecule has 10 heteroatoms. The number of carbonyl (C=O) groups excluding carboxylic acids is 4. The second kappa shape index (κ2) is 13.7. The third kappa shape index (κ3) is 8.28. The van der Waals surface area contributed by atoms with Crippen LogP contribution in [0.15, 0.2) is 5.38 Å². The number of ether oxygens (including phenoxy) is 1. The highest BCUT2D eigenvalue weighted by Gasteiger charge is 2.29. The summed E-state index contributed by atoms with van der Waals surface area (Å²) in [7, 11) is 0. The van der Waals surface area contributed by atoms with Crippen LogP contribution in [0.1, 0.15) is 71.4 Å². The van der Waals surface area contributed by atoms with Gasteiger partial charge in [-0.3, -0.25) is 19.2 Å². The first-order chi connectivity index (χ1) is 17.3. The van der Waals surface area contributed by atoms with Crippen LogP contribution >= 0.6 is 11.3 Å². The summed E-state index contributed by atoms with van der Waals surface area (Å²) < 4.78 is 5.09. The fourth-order valence-electron chi connectivity index (χ4n) is 4.95. The second-order valence-electron chi connectivity index (χ2n) is 10.2. The van der Waals surface area contributed by atoms with Crippen molar-refractivity contribution >= 4 is 40.2 Å². The number of nitrogens with one attached hydrogen (secondary N) is 1.